The summed E-state index contributed by atoms with van der Waals surface area (Å²) < 4.78 is 0. The van der Waals surface area contributed by atoms with Crippen LogP contribution in [0.3, 0.4) is 0 Å². The maximum absolute atomic E-state index is 11.6. The van der Waals surface area contributed by atoms with Crippen LogP contribution in [0.1, 0.15) is 57.8 Å². The van der Waals surface area contributed by atoms with Crippen LogP contribution in [0.25, 0.3) is 0 Å². The van der Waals surface area contributed by atoms with Crippen molar-refractivity contribution in [2.45, 2.75) is 57.8 Å². The lowest BCUT2D eigenvalue weighted by Gasteiger charge is -2.36. The van der Waals surface area contributed by atoms with E-state index in [1.165, 1.54) is 31.3 Å². The molecule has 3 fully saturated rings. The number of ketones is 1. The molecule has 174 valence electrons. The molecular weight excluding hydrogens is 400 g/mol. The third-order valence-corrected chi connectivity index (χ3v) is 7.46. The topological polar surface area (TPSA) is 55.8 Å². The van der Waals surface area contributed by atoms with Crippen LogP contribution in [0.15, 0.2) is 17.7 Å². The highest BCUT2D eigenvalue weighted by Gasteiger charge is 2.24. The van der Waals surface area contributed by atoms with Crippen molar-refractivity contribution in [2.24, 2.45) is 0 Å². The Balaban J connectivity index is 1.18. The van der Waals surface area contributed by atoms with Gasteiger partial charge in [0, 0.05) is 64.8 Å². The van der Waals surface area contributed by atoms with Crippen LogP contribution in [0.2, 0.25) is 0 Å². The van der Waals surface area contributed by atoms with Gasteiger partial charge in [-0.15, -0.1) is 0 Å². The van der Waals surface area contributed by atoms with Crippen LogP contribution in [-0.4, -0.2) is 79.6 Å². The summed E-state index contributed by atoms with van der Waals surface area (Å²) in [5.74, 6) is 3.48. The lowest BCUT2D eigenvalue weighted by atomic mass is 9.95. The third-order valence-electron chi connectivity index (χ3n) is 7.46. The van der Waals surface area contributed by atoms with Gasteiger partial charge < -0.3 is 14.7 Å². The van der Waals surface area contributed by atoms with E-state index < -0.39 is 0 Å². The average Bonchev–Trinajstić information content (AvgIpc) is 3.54. The second kappa shape index (κ2) is 10.2. The van der Waals surface area contributed by atoms with Crippen molar-refractivity contribution in [1.29, 1.82) is 0 Å². The van der Waals surface area contributed by atoms with Gasteiger partial charge in [0.2, 0.25) is 5.95 Å². The zero-order valence-corrected chi connectivity index (χ0v) is 19.5. The Morgan fingerprint density at radius 2 is 1.34 bits per heavy atom. The number of aromatic nitrogens is 2. The standard InChI is InChI=1S/C25H38N6O/c32-22-9-5-7-21(19-22)8-6-10-28-15-17-30(18-16-28)24-20-23(29-11-1-2-12-29)26-25(27-24)31-13-3-4-14-31/h19-20H,1-18H2. The van der Waals surface area contributed by atoms with Gasteiger partial charge in [-0.2, -0.15) is 9.97 Å². The molecule has 4 aliphatic rings. The summed E-state index contributed by atoms with van der Waals surface area (Å²) in [6, 6.07) is 2.23. The number of anilines is 3. The van der Waals surface area contributed by atoms with Crippen molar-refractivity contribution in [3.63, 3.8) is 0 Å². The first-order chi connectivity index (χ1) is 15.7. The predicted octanol–water partition coefficient (Wildman–Crippen LogP) is 3.26. The molecule has 0 amide bonds. The lowest BCUT2D eigenvalue weighted by molar-refractivity contribution is -0.115. The zero-order chi connectivity index (χ0) is 21.8. The Morgan fingerprint density at radius 1 is 0.719 bits per heavy atom. The van der Waals surface area contributed by atoms with Crippen molar-refractivity contribution in [3.05, 3.63) is 17.7 Å². The largest absolute Gasteiger partial charge is 0.356 e. The SMILES string of the molecule is O=C1C=C(CCCN2CCN(c3cc(N4CCCC4)nc(N4CCCC4)n3)CC2)CCC1. The van der Waals surface area contributed by atoms with E-state index in [-0.39, 0.29) is 0 Å². The van der Waals surface area contributed by atoms with Gasteiger partial charge >= 0.3 is 0 Å². The molecule has 0 radical (unpaired) electrons. The van der Waals surface area contributed by atoms with Crippen molar-refractivity contribution < 1.29 is 4.79 Å². The van der Waals surface area contributed by atoms with Crippen LogP contribution < -0.4 is 14.7 Å². The van der Waals surface area contributed by atoms with Crippen LogP contribution in [0.4, 0.5) is 17.6 Å². The minimum Gasteiger partial charge on any atom is -0.356 e. The normalized spacial score (nSPS) is 22.7. The van der Waals surface area contributed by atoms with Crippen molar-refractivity contribution >= 4 is 23.4 Å². The van der Waals surface area contributed by atoms with E-state index in [0.717, 1.165) is 109 Å². The van der Waals surface area contributed by atoms with Crippen LogP contribution in [0.5, 0.6) is 0 Å². The summed E-state index contributed by atoms with van der Waals surface area (Å²) >= 11 is 0. The van der Waals surface area contributed by atoms with Gasteiger partial charge in [0.05, 0.1) is 0 Å². The third kappa shape index (κ3) is 5.25. The number of carbonyl (C=O) groups excluding carboxylic acids is 1. The van der Waals surface area contributed by atoms with Gasteiger partial charge in [-0.05, 0) is 64.0 Å². The Hall–Kier alpha value is -2.15. The summed E-state index contributed by atoms with van der Waals surface area (Å²) in [5.41, 5.74) is 1.37. The Labute approximate surface area is 192 Å². The van der Waals surface area contributed by atoms with E-state index in [0.29, 0.717) is 5.78 Å². The maximum Gasteiger partial charge on any atom is 0.229 e. The molecular formula is C25H38N6O. The average molecular weight is 439 g/mol. The number of allylic oxidation sites excluding steroid dienone is 2. The molecule has 0 bridgehead atoms. The lowest BCUT2D eigenvalue weighted by Crippen LogP contribution is -2.47. The molecule has 0 spiro atoms. The van der Waals surface area contributed by atoms with E-state index in [1.54, 1.807) is 0 Å². The molecule has 0 saturated carbocycles. The summed E-state index contributed by atoms with van der Waals surface area (Å²) in [6.45, 7) is 9.74. The quantitative estimate of drug-likeness (QED) is 0.648. The molecule has 0 unspecified atom stereocenters. The monoisotopic (exact) mass is 438 g/mol. The molecule has 0 atom stereocenters. The minimum absolute atomic E-state index is 0.325. The highest BCUT2D eigenvalue weighted by molar-refractivity contribution is 5.91. The van der Waals surface area contributed by atoms with Gasteiger partial charge in [-0.25, -0.2) is 0 Å². The second-order valence-electron chi connectivity index (χ2n) is 9.83. The predicted molar refractivity (Wildman–Crippen MR) is 130 cm³/mol. The van der Waals surface area contributed by atoms with E-state index in [1.807, 2.05) is 6.08 Å². The molecule has 3 saturated heterocycles. The Bertz CT molecular complexity index is 785. The van der Waals surface area contributed by atoms with Crippen LogP contribution >= 0.6 is 0 Å². The molecule has 7 nitrogen and oxygen atoms in total. The van der Waals surface area contributed by atoms with Gasteiger partial charge in [0.25, 0.3) is 0 Å². The second-order valence-corrected chi connectivity index (χ2v) is 9.83. The smallest absolute Gasteiger partial charge is 0.229 e. The molecule has 1 aromatic heterocycles. The highest BCUT2D eigenvalue weighted by atomic mass is 16.1. The fourth-order valence-electron chi connectivity index (χ4n) is 5.53. The molecule has 0 N–H and O–H groups in total. The Kier molecular flexibility index (Phi) is 6.91. The zero-order valence-electron chi connectivity index (χ0n) is 19.5. The molecule has 32 heavy (non-hydrogen) atoms. The molecule has 1 aromatic rings. The van der Waals surface area contributed by atoms with E-state index in [4.69, 9.17) is 9.97 Å². The summed E-state index contributed by atoms with van der Waals surface area (Å²) in [4.78, 5) is 31.4. The van der Waals surface area contributed by atoms with Gasteiger partial charge in [-0.1, -0.05) is 5.57 Å². The molecule has 4 heterocycles. The summed E-state index contributed by atoms with van der Waals surface area (Å²) in [7, 11) is 0. The molecule has 0 aromatic carbocycles. The minimum atomic E-state index is 0.325. The fraction of sp³-hybridized carbons (Fsp3) is 0.720. The first kappa shape index (κ1) is 21.7. The van der Waals surface area contributed by atoms with Gasteiger partial charge in [0.15, 0.2) is 5.78 Å². The number of hydrogen-bond acceptors (Lipinski definition) is 7. The molecule has 7 heteroatoms. The molecule has 1 aliphatic carbocycles. The van der Waals surface area contributed by atoms with E-state index >= 15 is 0 Å². The number of carbonyl (C=O) groups is 1. The van der Waals surface area contributed by atoms with Crippen molar-refractivity contribution in [3.8, 4) is 0 Å². The highest BCUT2D eigenvalue weighted by Crippen LogP contribution is 2.28. The van der Waals surface area contributed by atoms with Gasteiger partial charge in [0.1, 0.15) is 11.6 Å². The number of rotatable bonds is 7. The Morgan fingerprint density at radius 3 is 2.00 bits per heavy atom. The van der Waals surface area contributed by atoms with E-state index in [9.17, 15) is 4.79 Å². The first-order valence-corrected chi connectivity index (χ1v) is 12.8. The van der Waals surface area contributed by atoms with Crippen LogP contribution in [0, 0.1) is 0 Å². The summed E-state index contributed by atoms with van der Waals surface area (Å²) in [6.07, 6.45) is 12.1. The fourth-order valence-corrected chi connectivity index (χ4v) is 5.53. The number of nitrogens with zero attached hydrogens (tertiary/aromatic N) is 6. The molecule has 3 aliphatic heterocycles. The number of hydrogen-bond donors (Lipinski definition) is 0. The first-order valence-electron chi connectivity index (χ1n) is 12.8. The van der Waals surface area contributed by atoms with Crippen LogP contribution in [-0.2, 0) is 4.79 Å². The van der Waals surface area contributed by atoms with Crippen molar-refractivity contribution in [1.82, 2.24) is 14.9 Å². The summed E-state index contributed by atoms with van der Waals surface area (Å²) in [5, 5.41) is 0. The van der Waals surface area contributed by atoms with Crippen molar-refractivity contribution in [2.75, 3.05) is 73.6 Å². The molecule has 5 rings (SSSR count). The maximum atomic E-state index is 11.6. The number of piperazine rings is 1. The van der Waals surface area contributed by atoms with Gasteiger partial charge in [-0.3, -0.25) is 9.69 Å². The van der Waals surface area contributed by atoms with E-state index in [2.05, 4.69) is 25.7 Å².